The Kier molecular flexibility index (Phi) is 8.65. The molecular formula is C28H37ClN2O5S. The van der Waals surface area contributed by atoms with E-state index >= 15 is 0 Å². The van der Waals surface area contributed by atoms with E-state index in [-0.39, 0.29) is 25.2 Å². The minimum absolute atomic E-state index is 0.105. The molecule has 1 N–H and O–H groups in total. The fraction of sp³-hybridized carbons (Fsp3) is 0.536. The Bertz CT molecular complexity index is 1200. The number of sulfonamides is 1. The van der Waals surface area contributed by atoms with Gasteiger partial charge in [0.05, 0.1) is 17.1 Å². The normalized spacial score (nSPS) is 20.7. The van der Waals surface area contributed by atoms with Crippen LogP contribution in [0.15, 0.2) is 41.3 Å². The molecular weight excluding hydrogens is 512 g/mol. The zero-order valence-corrected chi connectivity index (χ0v) is 23.4. The van der Waals surface area contributed by atoms with E-state index in [0.29, 0.717) is 48.8 Å². The van der Waals surface area contributed by atoms with E-state index in [4.69, 9.17) is 16.3 Å². The van der Waals surface area contributed by atoms with E-state index in [0.717, 1.165) is 35.1 Å². The minimum Gasteiger partial charge on any atom is -0.385 e. The fourth-order valence-corrected chi connectivity index (χ4v) is 7.92. The first kappa shape index (κ1) is 28.0. The number of carbonyl (C=O) groups excluding carboxylic acids is 1. The van der Waals surface area contributed by atoms with Crippen molar-refractivity contribution < 1.29 is 23.1 Å². The second-order valence-corrected chi connectivity index (χ2v) is 12.7. The first-order valence-corrected chi connectivity index (χ1v) is 14.8. The van der Waals surface area contributed by atoms with Gasteiger partial charge in [-0.1, -0.05) is 47.9 Å². The molecule has 1 atom stereocenters. The third kappa shape index (κ3) is 6.20. The molecule has 0 spiro atoms. The summed E-state index contributed by atoms with van der Waals surface area (Å²) in [6.07, 6.45) is 3.31. The number of aryl methyl sites for hydroxylation is 3. The van der Waals surface area contributed by atoms with Crippen LogP contribution in [-0.4, -0.2) is 67.5 Å². The molecule has 0 bridgehead atoms. The van der Waals surface area contributed by atoms with E-state index < -0.39 is 15.6 Å². The van der Waals surface area contributed by atoms with Gasteiger partial charge in [-0.05, 0) is 75.3 Å². The molecule has 0 radical (unpaired) electrons. The number of piperidine rings is 2. The second kappa shape index (κ2) is 11.4. The summed E-state index contributed by atoms with van der Waals surface area (Å²) in [5.74, 6) is -0.145. The maximum atomic E-state index is 13.7. The molecule has 2 fully saturated rings. The van der Waals surface area contributed by atoms with Crippen molar-refractivity contribution >= 4 is 27.5 Å². The van der Waals surface area contributed by atoms with Crippen LogP contribution in [0, 0.1) is 20.8 Å². The third-order valence-electron chi connectivity index (χ3n) is 7.61. The summed E-state index contributed by atoms with van der Waals surface area (Å²) in [5.41, 5.74) is 2.36. The van der Waals surface area contributed by atoms with Gasteiger partial charge in [0.15, 0.2) is 0 Å². The van der Waals surface area contributed by atoms with Crippen LogP contribution in [0.1, 0.15) is 54.4 Å². The Morgan fingerprint density at radius 2 is 1.68 bits per heavy atom. The molecule has 0 saturated carbocycles. The number of carbonyl (C=O) groups is 1. The minimum atomic E-state index is -3.68. The molecule has 2 aliphatic rings. The summed E-state index contributed by atoms with van der Waals surface area (Å²) < 4.78 is 34.7. The lowest BCUT2D eigenvalue weighted by atomic mass is 9.84. The Balaban J connectivity index is 1.34. The molecule has 0 aromatic heterocycles. The average molecular weight is 549 g/mol. The molecule has 9 heteroatoms. The number of aliphatic hydroxyl groups is 1. The van der Waals surface area contributed by atoms with E-state index in [1.807, 2.05) is 45.0 Å². The van der Waals surface area contributed by atoms with Crippen molar-refractivity contribution in [2.75, 3.05) is 32.8 Å². The molecule has 202 valence electrons. The molecule has 2 aromatic carbocycles. The van der Waals surface area contributed by atoms with Crippen LogP contribution in [0.5, 0.6) is 0 Å². The van der Waals surface area contributed by atoms with Crippen molar-refractivity contribution in [3.63, 3.8) is 0 Å². The number of nitrogens with zero attached hydrogens (tertiary/aromatic N) is 2. The molecule has 0 aliphatic carbocycles. The molecule has 7 nitrogen and oxygen atoms in total. The standard InChI is InChI=1S/C28H37ClN2O5S/c1-20-16-21(2)27(22(3)17-20)37(34,35)31-13-5-4-6-25(31)18-36-19-26(32)30-14-11-28(33,12-15-30)23-7-9-24(29)10-8-23/h7-10,16-17,25,33H,4-6,11-15,18-19H2,1-3H3. The Morgan fingerprint density at radius 3 is 2.30 bits per heavy atom. The highest BCUT2D eigenvalue weighted by atomic mass is 35.5. The maximum Gasteiger partial charge on any atom is 0.248 e. The number of likely N-dealkylation sites (tertiary alicyclic amines) is 1. The van der Waals surface area contributed by atoms with Crippen LogP contribution in [0.25, 0.3) is 0 Å². The highest BCUT2D eigenvalue weighted by Gasteiger charge is 2.37. The predicted molar refractivity (Wildman–Crippen MR) is 144 cm³/mol. The average Bonchev–Trinajstić information content (AvgIpc) is 2.84. The summed E-state index contributed by atoms with van der Waals surface area (Å²) >= 11 is 5.96. The zero-order valence-electron chi connectivity index (χ0n) is 21.9. The SMILES string of the molecule is Cc1cc(C)c(S(=O)(=O)N2CCCCC2COCC(=O)N2CCC(O)(c3ccc(Cl)cc3)CC2)c(C)c1. The van der Waals surface area contributed by atoms with E-state index in [1.54, 1.807) is 21.3 Å². The monoisotopic (exact) mass is 548 g/mol. The molecule has 37 heavy (non-hydrogen) atoms. The number of rotatable bonds is 7. The van der Waals surface area contributed by atoms with Gasteiger partial charge in [0.2, 0.25) is 15.9 Å². The van der Waals surface area contributed by atoms with E-state index in [2.05, 4.69) is 0 Å². The van der Waals surface area contributed by atoms with Gasteiger partial charge in [0.1, 0.15) is 6.61 Å². The van der Waals surface area contributed by atoms with Crippen LogP contribution < -0.4 is 0 Å². The van der Waals surface area contributed by atoms with E-state index in [1.165, 1.54) is 0 Å². The third-order valence-corrected chi connectivity index (χ3v) is 10.1. The zero-order chi connectivity index (χ0) is 26.8. The van der Waals surface area contributed by atoms with Gasteiger partial charge in [-0.3, -0.25) is 4.79 Å². The number of hydrogen-bond donors (Lipinski definition) is 1. The van der Waals surface area contributed by atoms with Crippen molar-refractivity contribution in [1.29, 1.82) is 0 Å². The molecule has 2 aromatic rings. The van der Waals surface area contributed by atoms with Gasteiger partial charge in [-0.15, -0.1) is 0 Å². The Hall–Kier alpha value is -1.97. The lowest BCUT2D eigenvalue weighted by Crippen LogP contribution is -2.48. The molecule has 2 aliphatic heterocycles. The highest BCUT2D eigenvalue weighted by molar-refractivity contribution is 7.89. The number of amides is 1. The number of hydrogen-bond acceptors (Lipinski definition) is 5. The number of ether oxygens (including phenoxy) is 1. The van der Waals surface area contributed by atoms with Crippen molar-refractivity contribution in [3.05, 3.63) is 63.7 Å². The lowest BCUT2D eigenvalue weighted by molar-refractivity contribution is -0.141. The van der Waals surface area contributed by atoms with Crippen molar-refractivity contribution in [3.8, 4) is 0 Å². The van der Waals surface area contributed by atoms with E-state index in [9.17, 15) is 18.3 Å². The van der Waals surface area contributed by atoms with Gasteiger partial charge >= 0.3 is 0 Å². The summed E-state index contributed by atoms with van der Waals surface area (Å²) in [6.45, 7) is 7.03. The van der Waals surface area contributed by atoms with Gasteiger partial charge in [0, 0.05) is 30.7 Å². The summed E-state index contributed by atoms with van der Waals surface area (Å²) in [4.78, 5) is 14.9. The highest BCUT2D eigenvalue weighted by Crippen LogP contribution is 2.34. The van der Waals surface area contributed by atoms with Crippen LogP contribution in [0.2, 0.25) is 5.02 Å². The van der Waals surface area contributed by atoms with Crippen LogP contribution in [0.3, 0.4) is 0 Å². The lowest BCUT2D eigenvalue weighted by Gasteiger charge is -2.39. The van der Waals surface area contributed by atoms with Crippen molar-refractivity contribution in [1.82, 2.24) is 9.21 Å². The number of benzene rings is 2. The van der Waals surface area contributed by atoms with Gasteiger partial charge in [-0.25, -0.2) is 8.42 Å². The Labute approximate surface area is 225 Å². The maximum absolute atomic E-state index is 13.7. The molecule has 1 amide bonds. The topological polar surface area (TPSA) is 87.2 Å². The summed E-state index contributed by atoms with van der Waals surface area (Å²) in [6, 6.07) is 10.7. The molecule has 2 heterocycles. The van der Waals surface area contributed by atoms with Crippen LogP contribution >= 0.6 is 11.6 Å². The summed E-state index contributed by atoms with van der Waals surface area (Å²) in [7, 11) is -3.68. The smallest absolute Gasteiger partial charge is 0.248 e. The predicted octanol–water partition coefficient (Wildman–Crippen LogP) is 4.34. The molecule has 4 rings (SSSR count). The Morgan fingerprint density at radius 1 is 1.05 bits per heavy atom. The first-order chi connectivity index (χ1) is 17.5. The van der Waals surface area contributed by atoms with Gasteiger partial charge in [0.25, 0.3) is 0 Å². The fourth-order valence-electron chi connectivity index (χ4n) is 5.70. The first-order valence-electron chi connectivity index (χ1n) is 12.9. The molecule has 1 unspecified atom stereocenters. The van der Waals surface area contributed by atoms with Crippen LogP contribution in [0.4, 0.5) is 0 Å². The largest absolute Gasteiger partial charge is 0.385 e. The second-order valence-electron chi connectivity index (χ2n) is 10.4. The quantitative estimate of drug-likeness (QED) is 0.556. The van der Waals surface area contributed by atoms with Gasteiger partial charge < -0.3 is 14.7 Å². The van der Waals surface area contributed by atoms with Crippen LogP contribution in [-0.2, 0) is 25.2 Å². The summed E-state index contributed by atoms with van der Waals surface area (Å²) in [5, 5.41) is 11.7. The van der Waals surface area contributed by atoms with Crippen molar-refractivity contribution in [2.45, 2.75) is 69.4 Å². The van der Waals surface area contributed by atoms with Gasteiger partial charge in [-0.2, -0.15) is 4.31 Å². The number of halogens is 1. The van der Waals surface area contributed by atoms with Crippen molar-refractivity contribution in [2.24, 2.45) is 0 Å². The molecule has 2 saturated heterocycles.